The van der Waals surface area contributed by atoms with Crippen molar-refractivity contribution < 1.29 is 4.42 Å². The molecule has 0 aliphatic heterocycles. The Balaban J connectivity index is 2.04. The van der Waals surface area contributed by atoms with Crippen LogP contribution < -0.4 is 5.32 Å². The first-order chi connectivity index (χ1) is 8.66. The summed E-state index contributed by atoms with van der Waals surface area (Å²) < 4.78 is 5.78. The van der Waals surface area contributed by atoms with Crippen LogP contribution in [0.2, 0.25) is 0 Å². The molecule has 1 aromatic heterocycles. The van der Waals surface area contributed by atoms with Gasteiger partial charge in [-0.05, 0) is 36.8 Å². The van der Waals surface area contributed by atoms with Crippen LogP contribution in [-0.2, 0) is 6.54 Å². The molecule has 1 fully saturated rings. The van der Waals surface area contributed by atoms with E-state index >= 15 is 0 Å². The highest BCUT2D eigenvalue weighted by Gasteiger charge is 2.21. The molecule has 0 amide bonds. The Kier molecular flexibility index (Phi) is 2.90. The topological polar surface area (TPSA) is 25.2 Å². The van der Waals surface area contributed by atoms with Crippen molar-refractivity contribution in [1.82, 2.24) is 5.32 Å². The van der Waals surface area contributed by atoms with Gasteiger partial charge in [0, 0.05) is 23.5 Å². The molecule has 2 nitrogen and oxygen atoms in total. The molecule has 3 rings (SSSR count). The van der Waals surface area contributed by atoms with E-state index in [9.17, 15) is 0 Å². The summed E-state index contributed by atoms with van der Waals surface area (Å²) in [6.07, 6.45) is 4.58. The Morgan fingerprint density at radius 1 is 1.33 bits per heavy atom. The number of fused-ring (bicyclic) bond motifs is 1. The Hall–Kier alpha value is -1.28. The van der Waals surface area contributed by atoms with E-state index in [0.717, 1.165) is 18.2 Å². The lowest BCUT2D eigenvalue weighted by Crippen LogP contribution is -2.15. The molecule has 0 saturated heterocycles. The lowest BCUT2D eigenvalue weighted by molar-refractivity contribution is 0.599. The van der Waals surface area contributed by atoms with Crippen molar-refractivity contribution in [2.45, 2.75) is 52.1 Å². The zero-order valence-electron chi connectivity index (χ0n) is 11.4. The maximum absolute atomic E-state index is 5.78. The summed E-state index contributed by atoms with van der Waals surface area (Å²) in [6, 6.07) is 5.15. The van der Waals surface area contributed by atoms with Gasteiger partial charge >= 0.3 is 0 Å². The zero-order valence-corrected chi connectivity index (χ0v) is 11.4. The zero-order chi connectivity index (χ0) is 12.7. The van der Waals surface area contributed by atoms with Crippen LogP contribution in [0.3, 0.4) is 0 Å². The summed E-state index contributed by atoms with van der Waals surface area (Å²) in [7, 11) is 0. The molecule has 0 spiro atoms. The lowest BCUT2D eigenvalue weighted by Gasteiger charge is -2.10. The Morgan fingerprint density at radius 2 is 2.11 bits per heavy atom. The number of aryl methyl sites for hydroxylation is 1. The Bertz CT molecular complexity index is 564. The maximum atomic E-state index is 5.78. The smallest absolute Gasteiger partial charge is 0.137 e. The monoisotopic (exact) mass is 243 g/mol. The molecule has 0 unspecified atom stereocenters. The van der Waals surface area contributed by atoms with Crippen LogP contribution in [0, 0.1) is 6.92 Å². The molecule has 1 aliphatic rings. The van der Waals surface area contributed by atoms with Crippen LogP contribution in [0.25, 0.3) is 11.0 Å². The third kappa shape index (κ3) is 2.05. The fourth-order valence-electron chi connectivity index (χ4n) is 2.53. The molecule has 0 atom stereocenters. The third-order valence-corrected chi connectivity index (χ3v) is 3.81. The van der Waals surface area contributed by atoms with Gasteiger partial charge in [0.25, 0.3) is 0 Å². The summed E-state index contributed by atoms with van der Waals surface area (Å²) >= 11 is 0. The summed E-state index contributed by atoms with van der Waals surface area (Å²) in [6.45, 7) is 7.54. The van der Waals surface area contributed by atoms with Crippen molar-refractivity contribution in [3.63, 3.8) is 0 Å². The van der Waals surface area contributed by atoms with Gasteiger partial charge in [-0.3, -0.25) is 0 Å². The first-order valence-electron chi connectivity index (χ1n) is 6.89. The van der Waals surface area contributed by atoms with Crippen molar-refractivity contribution in [1.29, 1.82) is 0 Å². The molecule has 1 aromatic carbocycles. The third-order valence-electron chi connectivity index (χ3n) is 3.81. The largest absolute Gasteiger partial charge is 0.464 e. The molecule has 2 aromatic rings. The second-order valence-electron chi connectivity index (χ2n) is 5.75. The highest BCUT2D eigenvalue weighted by Crippen LogP contribution is 2.32. The molecule has 1 saturated carbocycles. The van der Waals surface area contributed by atoms with Crippen molar-refractivity contribution in [3.8, 4) is 0 Å². The number of hydrogen-bond donors (Lipinski definition) is 1. The predicted molar refractivity (Wildman–Crippen MR) is 74.9 cm³/mol. The summed E-state index contributed by atoms with van der Waals surface area (Å²) in [5.41, 5.74) is 5.00. The van der Waals surface area contributed by atoms with Gasteiger partial charge < -0.3 is 9.73 Å². The molecular formula is C16H21NO. The van der Waals surface area contributed by atoms with Gasteiger partial charge in [0.2, 0.25) is 0 Å². The highest BCUT2D eigenvalue weighted by atomic mass is 16.3. The lowest BCUT2D eigenvalue weighted by atomic mass is 9.95. The van der Waals surface area contributed by atoms with Crippen LogP contribution >= 0.6 is 0 Å². The van der Waals surface area contributed by atoms with Gasteiger partial charge in [-0.25, -0.2) is 0 Å². The van der Waals surface area contributed by atoms with Crippen LogP contribution in [0.1, 0.15) is 49.3 Å². The summed E-state index contributed by atoms with van der Waals surface area (Å²) in [4.78, 5) is 0. The van der Waals surface area contributed by atoms with Crippen LogP contribution in [0.5, 0.6) is 0 Å². The van der Waals surface area contributed by atoms with E-state index in [4.69, 9.17) is 4.42 Å². The molecule has 96 valence electrons. The average molecular weight is 243 g/mol. The van der Waals surface area contributed by atoms with Gasteiger partial charge in [0.05, 0.1) is 6.26 Å². The molecule has 2 heteroatoms. The molecule has 1 heterocycles. The molecular weight excluding hydrogens is 222 g/mol. The van der Waals surface area contributed by atoms with E-state index in [1.807, 2.05) is 6.26 Å². The van der Waals surface area contributed by atoms with Crippen LogP contribution in [-0.4, -0.2) is 6.04 Å². The van der Waals surface area contributed by atoms with Crippen molar-refractivity contribution >= 4 is 11.0 Å². The van der Waals surface area contributed by atoms with Gasteiger partial charge in [-0.1, -0.05) is 26.0 Å². The second-order valence-corrected chi connectivity index (χ2v) is 5.75. The SMILES string of the molecule is Cc1ccc(C(C)C)c2c(CNC3CC3)coc12. The van der Waals surface area contributed by atoms with Crippen molar-refractivity contribution in [2.75, 3.05) is 0 Å². The van der Waals surface area contributed by atoms with Gasteiger partial charge in [-0.15, -0.1) is 0 Å². The predicted octanol–water partition coefficient (Wildman–Crippen LogP) is 4.12. The highest BCUT2D eigenvalue weighted by molar-refractivity contribution is 5.87. The Morgan fingerprint density at radius 3 is 2.78 bits per heavy atom. The van der Waals surface area contributed by atoms with E-state index < -0.39 is 0 Å². The minimum absolute atomic E-state index is 0.533. The van der Waals surface area contributed by atoms with E-state index in [0.29, 0.717) is 5.92 Å². The summed E-state index contributed by atoms with van der Waals surface area (Å²) in [5, 5.41) is 4.91. The Labute approximate surface area is 108 Å². The molecule has 1 aliphatic carbocycles. The van der Waals surface area contributed by atoms with Gasteiger partial charge in [-0.2, -0.15) is 0 Å². The van der Waals surface area contributed by atoms with Gasteiger partial charge in [0.1, 0.15) is 5.58 Å². The minimum atomic E-state index is 0.533. The van der Waals surface area contributed by atoms with Crippen LogP contribution in [0.15, 0.2) is 22.8 Å². The molecule has 1 N–H and O–H groups in total. The average Bonchev–Trinajstić information content (AvgIpc) is 3.07. The molecule has 18 heavy (non-hydrogen) atoms. The van der Waals surface area contributed by atoms with E-state index in [1.54, 1.807) is 0 Å². The van der Waals surface area contributed by atoms with Crippen molar-refractivity contribution in [2.24, 2.45) is 0 Å². The van der Waals surface area contributed by atoms with E-state index in [2.05, 4.69) is 38.2 Å². The fraction of sp³-hybridized carbons (Fsp3) is 0.500. The normalized spacial score (nSPS) is 15.8. The summed E-state index contributed by atoms with van der Waals surface area (Å²) in [5.74, 6) is 0.533. The quantitative estimate of drug-likeness (QED) is 0.874. The molecule has 0 bridgehead atoms. The standard InChI is InChI=1S/C16H21NO/c1-10(2)14-7-4-11(3)16-15(14)12(9-18-16)8-17-13-5-6-13/h4,7,9-10,13,17H,5-6,8H2,1-3H3. The van der Waals surface area contributed by atoms with E-state index in [-0.39, 0.29) is 0 Å². The number of furan rings is 1. The first kappa shape index (κ1) is 11.8. The second kappa shape index (κ2) is 4.43. The number of benzene rings is 1. The first-order valence-corrected chi connectivity index (χ1v) is 6.89. The van der Waals surface area contributed by atoms with Gasteiger partial charge in [0.15, 0.2) is 0 Å². The number of nitrogens with one attached hydrogen (secondary N) is 1. The number of rotatable bonds is 4. The molecule has 0 radical (unpaired) electrons. The van der Waals surface area contributed by atoms with E-state index in [1.165, 1.54) is 34.9 Å². The van der Waals surface area contributed by atoms with Crippen molar-refractivity contribution in [3.05, 3.63) is 35.1 Å². The maximum Gasteiger partial charge on any atom is 0.137 e. The fourth-order valence-corrected chi connectivity index (χ4v) is 2.53. The van der Waals surface area contributed by atoms with Crippen LogP contribution in [0.4, 0.5) is 0 Å². The minimum Gasteiger partial charge on any atom is -0.464 e. The number of hydrogen-bond acceptors (Lipinski definition) is 2.